The van der Waals surface area contributed by atoms with E-state index in [2.05, 4.69) is 0 Å². The van der Waals surface area contributed by atoms with Crippen molar-refractivity contribution < 1.29 is 4.74 Å². The van der Waals surface area contributed by atoms with Gasteiger partial charge in [-0.2, -0.15) is 0 Å². The Bertz CT molecular complexity index is 569. The van der Waals surface area contributed by atoms with Crippen molar-refractivity contribution in [3.05, 3.63) is 63.6 Å². The molecule has 1 nitrogen and oxygen atoms in total. The predicted octanol–water partition coefficient (Wildman–Crippen LogP) is 5.52. The molecular formula is C15H13Cl3O. The van der Waals surface area contributed by atoms with E-state index in [1.54, 1.807) is 19.2 Å². The van der Waals surface area contributed by atoms with Gasteiger partial charge in [-0.15, -0.1) is 11.6 Å². The van der Waals surface area contributed by atoms with Gasteiger partial charge >= 0.3 is 0 Å². The Kier molecular flexibility index (Phi) is 4.98. The van der Waals surface area contributed by atoms with Crippen LogP contribution in [0, 0.1) is 0 Å². The molecule has 0 saturated heterocycles. The molecule has 0 aliphatic heterocycles. The summed E-state index contributed by atoms with van der Waals surface area (Å²) in [5, 5.41) is 1.01. The predicted molar refractivity (Wildman–Crippen MR) is 81.8 cm³/mol. The van der Waals surface area contributed by atoms with E-state index in [4.69, 9.17) is 39.5 Å². The average molecular weight is 316 g/mol. The van der Waals surface area contributed by atoms with Gasteiger partial charge in [-0.05, 0) is 41.8 Å². The van der Waals surface area contributed by atoms with Crippen LogP contribution in [0.1, 0.15) is 16.5 Å². The van der Waals surface area contributed by atoms with Crippen LogP contribution in [0.15, 0.2) is 42.5 Å². The zero-order valence-corrected chi connectivity index (χ0v) is 12.6. The van der Waals surface area contributed by atoms with E-state index in [1.165, 1.54) is 0 Å². The monoisotopic (exact) mass is 314 g/mol. The lowest BCUT2D eigenvalue weighted by Crippen LogP contribution is -1.97. The van der Waals surface area contributed by atoms with Crippen molar-refractivity contribution in [1.82, 2.24) is 0 Å². The second-order valence-corrected chi connectivity index (χ2v) is 5.56. The highest BCUT2D eigenvalue weighted by molar-refractivity contribution is 6.35. The van der Waals surface area contributed by atoms with Gasteiger partial charge in [-0.25, -0.2) is 0 Å². The standard InChI is InChI=1S/C15H13Cl3O/c1-19-12-4-2-3-10(7-12)8-14(17)13-6-5-11(16)9-15(13)18/h2-7,9,14H,8H2,1H3. The lowest BCUT2D eigenvalue weighted by molar-refractivity contribution is 0.414. The minimum Gasteiger partial charge on any atom is -0.497 e. The molecule has 0 bridgehead atoms. The molecule has 1 unspecified atom stereocenters. The number of halogens is 3. The Morgan fingerprint density at radius 2 is 1.89 bits per heavy atom. The first-order valence-electron chi connectivity index (χ1n) is 5.82. The summed E-state index contributed by atoms with van der Waals surface area (Å²) in [6.45, 7) is 0. The Balaban J connectivity index is 2.17. The minimum atomic E-state index is -0.197. The summed E-state index contributed by atoms with van der Waals surface area (Å²) in [5.41, 5.74) is 1.99. The second-order valence-electron chi connectivity index (χ2n) is 4.19. The Morgan fingerprint density at radius 3 is 2.58 bits per heavy atom. The highest BCUT2D eigenvalue weighted by Crippen LogP contribution is 2.33. The van der Waals surface area contributed by atoms with Crippen LogP contribution < -0.4 is 4.74 Å². The van der Waals surface area contributed by atoms with Crippen LogP contribution in [0.25, 0.3) is 0 Å². The van der Waals surface area contributed by atoms with Gasteiger partial charge in [0.25, 0.3) is 0 Å². The van der Waals surface area contributed by atoms with Gasteiger partial charge in [0.1, 0.15) is 5.75 Å². The number of benzene rings is 2. The molecule has 0 radical (unpaired) electrons. The number of ether oxygens (including phenoxy) is 1. The number of rotatable bonds is 4. The molecule has 19 heavy (non-hydrogen) atoms. The van der Waals surface area contributed by atoms with Gasteiger partial charge in [0.2, 0.25) is 0 Å². The van der Waals surface area contributed by atoms with E-state index >= 15 is 0 Å². The van der Waals surface area contributed by atoms with E-state index < -0.39 is 0 Å². The fraction of sp³-hybridized carbons (Fsp3) is 0.200. The maximum atomic E-state index is 6.43. The summed E-state index contributed by atoms with van der Waals surface area (Å²) < 4.78 is 5.19. The van der Waals surface area contributed by atoms with Crippen LogP contribution in [0.4, 0.5) is 0 Å². The molecule has 2 aromatic carbocycles. The van der Waals surface area contributed by atoms with Crippen molar-refractivity contribution in [2.24, 2.45) is 0 Å². The summed E-state index contributed by atoms with van der Waals surface area (Å²) in [6.07, 6.45) is 0.681. The number of methoxy groups -OCH3 is 1. The van der Waals surface area contributed by atoms with Crippen LogP contribution in [0.2, 0.25) is 10.0 Å². The van der Waals surface area contributed by atoms with Crippen LogP contribution in [-0.4, -0.2) is 7.11 Å². The molecule has 0 saturated carbocycles. The molecule has 4 heteroatoms. The average Bonchev–Trinajstić information content (AvgIpc) is 2.38. The van der Waals surface area contributed by atoms with E-state index in [1.807, 2.05) is 30.3 Å². The highest BCUT2D eigenvalue weighted by atomic mass is 35.5. The smallest absolute Gasteiger partial charge is 0.119 e. The zero-order valence-electron chi connectivity index (χ0n) is 10.4. The third-order valence-electron chi connectivity index (χ3n) is 2.85. The Hall–Kier alpha value is -0.890. The number of alkyl halides is 1. The van der Waals surface area contributed by atoms with E-state index in [0.717, 1.165) is 16.9 Å². The van der Waals surface area contributed by atoms with Gasteiger partial charge in [0.05, 0.1) is 12.5 Å². The van der Waals surface area contributed by atoms with Crippen LogP contribution in [0.3, 0.4) is 0 Å². The molecule has 2 rings (SSSR count). The lowest BCUT2D eigenvalue weighted by Gasteiger charge is -2.12. The van der Waals surface area contributed by atoms with Crippen LogP contribution in [0.5, 0.6) is 5.75 Å². The maximum absolute atomic E-state index is 6.43. The largest absolute Gasteiger partial charge is 0.497 e. The van der Waals surface area contributed by atoms with Crippen molar-refractivity contribution in [1.29, 1.82) is 0 Å². The van der Waals surface area contributed by atoms with E-state index in [0.29, 0.717) is 16.5 Å². The zero-order chi connectivity index (χ0) is 13.8. The van der Waals surface area contributed by atoms with E-state index in [-0.39, 0.29) is 5.38 Å². The van der Waals surface area contributed by atoms with Crippen molar-refractivity contribution in [2.45, 2.75) is 11.8 Å². The number of hydrogen-bond donors (Lipinski definition) is 0. The lowest BCUT2D eigenvalue weighted by atomic mass is 10.0. The molecule has 0 aliphatic rings. The molecule has 0 aromatic heterocycles. The number of hydrogen-bond acceptors (Lipinski definition) is 1. The molecule has 100 valence electrons. The molecular weight excluding hydrogens is 303 g/mol. The molecule has 0 heterocycles. The fourth-order valence-electron chi connectivity index (χ4n) is 1.87. The summed E-state index contributed by atoms with van der Waals surface area (Å²) in [5.74, 6) is 0.823. The van der Waals surface area contributed by atoms with Gasteiger partial charge in [0, 0.05) is 10.0 Å². The van der Waals surface area contributed by atoms with E-state index in [9.17, 15) is 0 Å². The molecule has 0 aliphatic carbocycles. The Morgan fingerprint density at radius 1 is 1.11 bits per heavy atom. The summed E-state index contributed by atoms with van der Waals surface area (Å²) >= 11 is 18.5. The molecule has 0 spiro atoms. The SMILES string of the molecule is COc1cccc(CC(Cl)c2ccc(Cl)cc2Cl)c1. The van der Waals surface area contributed by atoms with Crippen molar-refractivity contribution >= 4 is 34.8 Å². The Labute approximate surface area is 128 Å². The molecule has 0 fully saturated rings. The second kappa shape index (κ2) is 6.51. The third-order valence-corrected chi connectivity index (χ3v) is 3.80. The normalized spacial score (nSPS) is 12.2. The third kappa shape index (κ3) is 3.79. The van der Waals surface area contributed by atoms with Crippen molar-refractivity contribution in [3.8, 4) is 5.75 Å². The quantitative estimate of drug-likeness (QED) is 0.675. The first-order valence-corrected chi connectivity index (χ1v) is 7.01. The van der Waals surface area contributed by atoms with Gasteiger partial charge in [-0.3, -0.25) is 0 Å². The highest BCUT2D eigenvalue weighted by Gasteiger charge is 2.13. The van der Waals surface area contributed by atoms with Crippen LogP contribution in [-0.2, 0) is 6.42 Å². The van der Waals surface area contributed by atoms with Gasteiger partial charge in [0.15, 0.2) is 0 Å². The van der Waals surface area contributed by atoms with Crippen LogP contribution >= 0.6 is 34.8 Å². The van der Waals surface area contributed by atoms with Gasteiger partial charge in [-0.1, -0.05) is 41.4 Å². The summed E-state index contributed by atoms with van der Waals surface area (Å²) in [4.78, 5) is 0. The molecule has 0 N–H and O–H groups in total. The maximum Gasteiger partial charge on any atom is 0.119 e. The fourth-order valence-corrected chi connectivity index (χ4v) is 2.84. The molecule has 2 aromatic rings. The van der Waals surface area contributed by atoms with Gasteiger partial charge < -0.3 is 4.74 Å². The topological polar surface area (TPSA) is 9.23 Å². The van der Waals surface area contributed by atoms with Crippen molar-refractivity contribution in [2.75, 3.05) is 7.11 Å². The summed E-state index contributed by atoms with van der Waals surface area (Å²) in [7, 11) is 1.65. The minimum absolute atomic E-state index is 0.197. The van der Waals surface area contributed by atoms with Crippen molar-refractivity contribution in [3.63, 3.8) is 0 Å². The molecule has 1 atom stereocenters. The molecule has 0 amide bonds. The first kappa shape index (κ1) is 14.5. The summed E-state index contributed by atoms with van der Waals surface area (Å²) in [6, 6.07) is 13.2. The first-order chi connectivity index (χ1) is 9.10.